The Morgan fingerprint density at radius 1 is 1.31 bits per heavy atom. The van der Waals surface area contributed by atoms with Crippen molar-refractivity contribution >= 4 is 6.09 Å². The van der Waals surface area contributed by atoms with Crippen LogP contribution >= 0.6 is 0 Å². The van der Waals surface area contributed by atoms with Gasteiger partial charge < -0.3 is 10.5 Å². The summed E-state index contributed by atoms with van der Waals surface area (Å²) >= 11 is 0. The summed E-state index contributed by atoms with van der Waals surface area (Å²) in [6.45, 7) is 0.284. The van der Waals surface area contributed by atoms with Crippen molar-refractivity contribution in [3.63, 3.8) is 0 Å². The summed E-state index contributed by atoms with van der Waals surface area (Å²) in [7, 11) is 0. The van der Waals surface area contributed by atoms with Gasteiger partial charge in [0.1, 0.15) is 0 Å². The molecule has 1 aromatic carbocycles. The van der Waals surface area contributed by atoms with Gasteiger partial charge in [-0.05, 0) is 5.56 Å². The van der Waals surface area contributed by atoms with Crippen LogP contribution in [0.1, 0.15) is 5.56 Å². The smallest absolute Gasteiger partial charge is 0.227 e. The van der Waals surface area contributed by atoms with Crippen molar-refractivity contribution in [1.82, 2.24) is 0 Å². The van der Waals surface area contributed by atoms with Crippen molar-refractivity contribution < 1.29 is 42.2 Å². The van der Waals surface area contributed by atoms with Gasteiger partial charge in [0.05, 0.1) is 6.61 Å². The number of carbonyl (C=O) groups is 1. The first-order valence-corrected chi connectivity index (χ1v) is 3.71. The van der Waals surface area contributed by atoms with Crippen LogP contribution in [-0.4, -0.2) is 12.7 Å². The van der Waals surface area contributed by atoms with Crippen molar-refractivity contribution in [1.29, 1.82) is 0 Å². The minimum atomic E-state index is -0.967. The van der Waals surface area contributed by atoms with E-state index in [1.54, 1.807) is 0 Å². The van der Waals surface area contributed by atoms with E-state index in [0.717, 1.165) is 5.56 Å². The fraction of sp³-hybridized carbons (Fsp3) is 0.222. The third-order valence-electron chi connectivity index (χ3n) is 1.47. The number of carbonyl (C=O) groups excluding carboxylic acids is 1. The Labute approximate surface area is 103 Å². The first-order chi connectivity index (χ1) is 5.79. The summed E-state index contributed by atoms with van der Waals surface area (Å²) in [4.78, 5) is 10.1. The number of nitrogens with one attached hydrogen (secondary N) is 1. The number of ether oxygens (including phenoxy) is 1. The van der Waals surface area contributed by atoms with E-state index in [9.17, 15) is 4.79 Å². The van der Waals surface area contributed by atoms with Crippen molar-refractivity contribution in [2.75, 3.05) is 6.61 Å². The minimum absolute atomic E-state index is 0. The summed E-state index contributed by atoms with van der Waals surface area (Å²) in [5.41, 5.74) is 7.59. The van der Waals surface area contributed by atoms with Crippen LogP contribution in [0, 0.1) is 0 Å². The Kier molecular flexibility index (Phi) is 6.82. The van der Waals surface area contributed by atoms with Gasteiger partial charge >= 0.3 is 0 Å². The zero-order valence-electron chi connectivity index (χ0n) is 7.19. The topological polar surface area (TPSA) is 50.1 Å². The van der Waals surface area contributed by atoms with Crippen LogP contribution in [0.2, 0.25) is 0 Å². The maximum Gasteiger partial charge on any atom is 0.227 e. The van der Waals surface area contributed by atoms with Gasteiger partial charge in [-0.1, -0.05) is 30.3 Å². The first kappa shape index (κ1) is 12.6. The number of hydrogen-bond acceptors (Lipinski definition) is 2. The molecule has 0 aliphatic heterocycles. The molecule has 0 aliphatic rings. The van der Waals surface area contributed by atoms with Crippen LogP contribution < -0.4 is 0 Å². The third-order valence-corrected chi connectivity index (χ3v) is 1.47. The van der Waals surface area contributed by atoms with Crippen molar-refractivity contribution in [2.45, 2.75) is 6.42 Å². The molecule has 1 amide bonds. The minimum Gasteiger partial charge on any atom is -0.632 e. The second-order valence-corrected chi connectivity index (χ2v) is 2.37. The predicted molar refractivity (Wildman–Crippen MR) is 45.8 cm³/mol. The number of benzene rings is 1. The third kappa shape index (κ3) is 5.77. The van der Waals surface area contributed by atoms with Crippen LogP contribution in [0.15, 0.2) is 30.3 Å². The molecule has 0 spiro atoms. The molecule has 0 aliphatic carbocycles. The van der Waals surface area contributed by atoms with Gasteiger partial charge in [-0.15, -0.1) is 0 Å². The summed E-state index contributed by atoms with van der Waals surface area (Å²) in [5, 5.41) is 0. The van der Waals surface area contributed by atoms with Crippen molar-refractivity contribution in [3.05, 3.63) is 41.6 Å². The molecule has 0 bridgehead atoms. The number of amides is 1. The van der Waals surface area contributed by atoms with Crippen molar-refractivity contribution in [2.24, 2.45) is 0 Å². The second kappa shape index (κ2) is 7.04. The molecule has 67 valence electrons. The summed E-state index contributed by atoms with van der Waals surface area (Å²) in [6.07, 6.45) is -0.295. The molecule has 0 saturated carbocycles. The van der Waals surface area contributed by atoms with E-state index < -0.39 is 6.09 Å². The molecular weight excluding hydrogens is 243 g/mol. The van der Waals surface area contributed by atoms with E-state index in [4.69, 9.17) is 5.73 Å². The van der Waals surface area contributed by atoms with Crippen LogP contribution in [0.4, 0.5) is 4.79 Å². The quantitative estimate of drug-likeness (QED) is 0.830. The Bertz CT molecular complexity index is 251. The second-order valence-electron chi connectivity index (χ2n) is 2.37. The standard InChI is InChI=1S/C9H11NO2.Y/c10-9(11)12-7-6-8-4-2-1-3-5-8;/h1-5H,6-7H2,(H2,10,11);/p-1. The van der Waals surface area contributed by atoms with Gasteiger partial charge in [0.15, 0.2) is 0 Å². The van der Waals surface area contributed by atoms with Gasteiger partial charge in [-0.3, -0.25) is 4.79 Å². The molecule has 3 nitrogen and oxygen atoms in total. The zero-order chi connectivity index (χ0) is 8.81. The molecule has 1 radical (unpaired) electrons. The molecule has 1 N–H and O–H groups in total. The van der Waals surface area contributed by atoms with E-state index in [-0.39, 0.29) is 39.3 Å². The molecular formula is C9H10NO2Y-. The van der Waals surface area contributed by atoms with E-state index >= 15 is 0 Å². The molecule has 13 heavy (non-hydrogen) atoms. The molecule has 0 fully saturated rings. The van der Waals surface area contributed by atoms with E-state index in [0.29, 0.717) is 6.42 Å². The van der Waals surface area contributed by atoms with Gasteiger partial charge in [-0.25, -0.2) is 0 Å². The predicted octanol–water partition coefficient (Wildman–Crippen LogP) is 2.42. The van der Waals surface area contributed by atoms with E-state index in [1.807, 2.05) is 30.3 Å². The Hall–Kier alpha value is -0.406. The molecule has 1 rings (SSSR count). The average Bonchev–Trinajstić information content (AvgIpc) is 2.05. The van der Waals surface area contributed by atoms with Gasteiger partial charge in [0.25, 0.3) is 0 Å². The summed E-state index contributed by atoms with van der Waals surface area (Å²) in [5.74, 6) is 0. The van der Waals surface area contributed by atoms with Crippen LogP contribution in [0.3, 0.4) is 0 Å². The van der Waals surface area contributed by atoms with E-state index in [2.05, 4.69) is 4.74 Å². The SMILES string of the molecule is [NH-]C(=O)OCCc1ccccc1.[Y]. The molecule has 1 aromatic rings. The fourth-order valence-corrected chi connectivity index (χ4v) is 0.906. The largest absolute Gasteiger partial charge is 0.632 e. The van der Waals surface area contributed by atoms with Crippen LogP contribution in [0.25, 0.3) is 5.73 Å². The van der Waals surface area contributed by atoms with Gasteiger partial charge in [0, 0.05) is 39.1 Å². The maximum absolute atomic E-state index is 10.1. The molecule has 0 saturated heterocycles. The van der Waals surface area contributed by atoms with E-state index in [1.165, 1.54) is 0 Å². The summed E-state index contributed by atoms with van der Waals surface area (Å²) in [6, 6.07) is 9.70. The number of hydrogen-bond donors (Lipinski definition) is 0. The Morgan fingerprint density at radius 3 is 2.46 bits per heavy atom. The van der Waals surface area contributed by atoms with Crippen LogP contribution in [-0.2, 0) is 43.9 Å². The molecule has 0 aromatic heterocycles. The average molecular weight is 253 g/mol. The maximum atomic E-state index is 10.1. The monoisotopic (exact) mass is 253 g/mol. The zero-order valence-corrected chi connectivity index (χ0v) is 10.0. The first-order valence-electron chi connectivity index (χ1n) is 3.71. The van der Waals surface area contributed by atoms with Gasteiger partial charge in [0.2, 0.25) is 6.09 Å². The molecule has 0 atom stereocenters. The van der Waals surface area contributed by atoms with Crippen molar-refractivity contribution in [3.8, 4) is 0 Å². The molecule has 0 heterocycles. The molecule has 0 unspecified atom stereocenters. The summed E-state index contributed by atoms with van der Waals surface area (Å²) < 4.78 is 4.47. The normalized spacial score (nSPS) is 8.62. The Morgan fingerprint density at radius 2 is 1.92 bits per heavy atom. The van der Waals surface area contributed by atoms with Crippen LogP contribution in [0.5, 0.6) is 0 Å². The molecule has 4 heteroatoms. The fourth-order valence-electron chi connectivity index (χ4n) is 0.906. The number of rotatable bonds is 3. The Balaban J connectivity index is 0.00000144. The van der Waals surface area contributed by atoms with Gasteiger partial charge in [-0.2, -0.15) is 0 Å².